The Morgan fingerprint density at radius 3 is 1.75 bits per heavy atom. The minimum absolute atomic E-state index is 0.330. The highest BCUT2D eigenvalue weighted by Crippen LogP contribution is 2.21. The maximum atomic E-state index is 3.81. The van der Waals surface area contributed by atoms with E-state index in [-0.39, 0.29) is 0 Å². The quantitative estimate of drug-likeness (QED) is 0.559. The summed E-state index contributed by atoms with van der Waals surface area (Å²) in [5.74, 6) is 1.35. The van der Waals surface area contributed by atoms with Crippen molar-refractivity contribution in [2.75, 3.05) is 10.6 Å². The summed E-state index contributed by atoms with van der Waals surface area (Å²) in [5, 5.41) is 20.8. The summed E-state index contributed by atoms with van der Waals surface area (Å²) in [6.45, 7) is 4.14. The van der Waals surface area contributed by atoms with Crippen molar-refractivity contribution in [3.05, 3.63) is 0 Å². The largest absolute Gasteiger partial charge is 0.361 e. The fourth-order valence-corrected chi connectivity index (χ4v) is 1.10. The number of nitrogens with zero attached hydrogens (tertiary/aromatic N) is 4. The predicted molar refractivity (Wildman–Crippen MR) is 43.8 cm³/mol. The number of rotatable bonds is 0. The fraction of sp³-hybridized carbons (Fsp3) is 0.667. The topological polar surface area (TPSA) is 75.6 Å². The van der Waals surface area contributed by atoms with Gasteiger partial charge in [0.15, 0.2) is 11.6 Å². The van der Waals surface area contributed by atoms with E-state index in [2.05, 4.69) is 45.1 Å². The van der Waals surface area contributed by atoms with Crippen LogP contribution >= 0.6 is 0 Å². The molecule has 6 heteroatoms. The lowest BCUT2D eigenvalue weighted by Gasteiger charge is -2.28. The minimum Gasteiger partial charge on any atom is -0.361 e. The molecule has 2 atom stereocenters. The van der Waals surface area contributed by atoms with Crippen LogP contribution in [0.5, 0.6) is 0 Å². The van der Waals surface area contributed by atoms with Gasteiger partial charge in [0.25, 0.3) is 0 Å². The third-order valence-electron chi connectivity index (χ3n) is 2.03. The Bertz CT molecular complexity index is 258. The van der Waals surface area contributed by atoms with Crippen LogP contribution < -0.4 is 10.6 Å². The molecule has 0 radical (unpaired) electrons. The number of nitrogens with one attached hydrogen (secondary N) is 2. The zero-order valence-electron chi connectivity index (χ0n) is 6.94. The Morgan fingerprint density at radius 1 is 0.917 bits per heavy atom. The highest BCUT2D eigenvalue weighted by atomic mass is 15.5. The van der Waals surface area contributed by atoms with E-state index in [0.29, 0.717) is 23.7 Å². The predicted octanol–water partition coefficient (Wildman–Crippen LogP) is -0.119. The third kappa shape index (κ3) is 1.05. The molecule has 0 bridgehead atoms. The van der Waals surface area contributed by atoms with Crippen molar-refractivity contribution in [3.8, 4) is 0 Å². The molecular formula is C6H10N6. The Balaban J connectivity index is 2.34. The average molecular weight is 166 g/mol. The zero-order chi connectivity index (χ0) is 8.55. The SMILES string of the molecule is C[C@@H]1Nc2nnnnc2N[C@@H]1C. The van der Waals surface area contributed by atoms with Gasteiger partial charge in [-0.05, 0) is 24.3 Å². The van der Waals surface area contributed by atoms with Crippen molar-refractivity contribution in [3.63, 3.8) is 0 Å². The summed E-state index contributed by atoms with van der Waals surface area (Å²) in [4.78, 5) is 0. The molecular weight excluding hydrogens is 156 g/mol. The summed E-state index contributed by atoms with van der Waals surface area (Å²) in [5.41, 5.74) is 0. The summed E-state index contributed by atoms with van der Waals surface area (Å²) < 4.78 is 0. The molecule has 1 aromatic rings. The van der Waals surface area contributed by atoms with E-state index in [1.807, 2.05) is 0 Å². The normalized spacial score (nSPS) is 26.8. The molecule has 0 saturated carbocycles. The van der Waals surface area contributed by atoms with Gasteiger partial charge >= 0.3 is 0 Å². The molecule has 0 fully saturated rings. The molecule has 0 saturated heterocycles. The molecule has 0 aromatic carbocycles. The zero-order valence-corrected chi connectivity index (χ0v) is 6.94. The fourth-order valence-electron chi connectivity index (χ4n) is 1.10. The maximum absolute atomic E-state index is 3.81. The molecule has 0 amide bonds. The summed E-state index contributed by atoms with van der Waals surface area (Å²) in [6, 6.07) is 0.659. The molecule has 2 rings (SSSR count). The lowest BCUT2D eigenvalue weighted by Crippen LogP contribution is -2.39. The van der Waals surface area contributed by atoms with E-state index in [1.54, 1.807) is 0 Å². The molecule has 6 nitrogen and oxygen atoms in total. The van der Waals surface area contributed by atoms with Gasteiger partial charge in [0.2, 0.25) is 0 Å². The van der Waals surface area contributed by atoms with Crippen LogP contribution in [0.4, 0.5) is 11.6 Å². The van der Waals surface area contributed by atoms with Gasteiger partial charge in [-0.2, -0.15) is 0 Å². The van der Waals surface area contributed by atoms with Crippen molar-refractivity contribution < 1.29 is 0 Å². The maximum Gasteiger partial charge on any atom is 0.195 e. The van der Waals surface area contributed by atoms with E-state index >= 15 is 0 Å². The smallest absolute Gasteiger partial charge is 0.195 e. The highest BCUT2D eigenvalue weighted by molar-refractivity contribution is 5.61. The van der Waals surface area contributed by atoms with Gasteiger partial charge in [0.05, 0.1) is 0 Å². The van der Waals surface area contributed by atoms with Crippen molar-refractivity contribution in [1.29, 1.82) is 0 Å². The molecule has 1 aliphatic rings. The second-order valence-electron chi connectivity index (χ2n) is 2.94. The summed E-state index contributed by atoms with van der Waals surface area (Å²) >= 11 is 0. The summed E-state index contributed by atoms with van der Waals surface area (Å²) in [6.07, 6.45) is 0. The van der Waals surface area contributed by atoms with Gasteiger partial charge in [-0.25, -0.2) is 0 Å². The lowest BCUT2D eigenvalue weighted by molar-refractivity contribution is 0.631. The molecule has 64 valence electrons. The molecule has 12 heavy (non-hydrogen) atoms. The monoisotopic (exact) mass is 166 g/mol. The van der Waals surface area contributed by atoms with Crippen LogP contribution in [0.3, 0.4) is 0 Å². The van der Waals surface area contributed by atoms with Crippen molar-refractivity contribution in [1.82, 2.24) is 20.6 Å². The van der Waals surface area contributed by atoms with Crippen LogP contribution in [0.15, 0.2) is 0 Å². The van der Waals surface area contributed by atoms with Crippen LogP contribution in [0.2, 0.25) is 0 Å². The number of fused-ring (bicyclic) bond motifs is 1. The first-order valence-electron chi connectivity index (χ1n) is 3.86. The first kappa shape index (κ1) is 7.20. The molecule has 1 aliphatic heterocycles. The first-order chi connectivity index (χ1) is 5.77. The van der Waals surface area contributed by atoms with Gasteiger partial charge in [-0.1, -0.05) is 0 Å². The molecule has 2 N–H and O–H groups in total. The van der Waals surface area contributed by atoms with Crippen LogP contribution in [0, 0.1) is 0 Å². The lowest BCUT2D eigenvalue weighted by atomic mass is 10.1. The van der Waals surface area contributed by atoms with Crippen LogP contribution in [-0.2, 0) is 0 Å². The van der Waals surface area contributed by atoms with Gasteiger partial charge in [-0.3, -0.25) is 0 Å². The van der Waals surface area contributed by atoms with Gasteiger partial charge in [-0.15, -0.1) is 10.2 Å². The van der Waals surface area contributed by atoms with Crippen molar-refractivity contribution in [2.45, 2.75) is 25.9 Å². The van der Waals surface area contributed by atoms with Crippen LogP contribution in [0.25, 0.3) is 0 Å². The van der Waals surface area contributed by atoms with Crippen molar-refractivity contribution >= 4 is 11.6 Å². The second-order valence-corrected chi connectivity index (χ2v) is 2.94. The van der Waals surface area contributed by atoms with Gasteiger partial charge in [0, 0.05) is 12.1 Å². The molecule has 0 unspecified atom stereocenters. The van der Waals surface area contributed by atoms with Crippen LogP contribution in [0.1, 0.15) is 13.8 Å². The van der Waals surface area contributed by atoms with Crippen molar-refractivity contribution in [2.24, 2.45) is 0 Å². The van der Waals surface area contributed by atoms with Crippen LogP contribution in [-0.4, -0.2) is 32.7 Å². The standard InChI is InChI=1S/C6H10N6/c1-3-4(2)8-6-5(7-3)9-11-12-10-6/h3-4H,1-2H3,(H,7,9,12)(H,8,10,11)/t3-,4+. The molecule has 0 spiro atoms. The molecule has 2 heterocycles. The average Bonchev–Trinajstić information content (AvgIpc) is 2.07. The van der Waals surface area contributed by atoms with E-state index in [0.717, 1.165) is 0 Å². The Hall–Kier alpha value is -1.46. The highest BCUT2D eigenvalue weighted by Gasteiger charge is 2.22. The van der Waals surface area contributed by atoms with E-state index in [9.17, 15) is 0 Å². The second kappa shape index (κ2) is 2.54. The number of anilines is 2. The Labute approximate surface area is 69.8 Å². The van der Waals surface area contributed by atoms with Gasteiger partial charge < -0.3 is 10.6 Å². The Morgan fingerprint density at radius 2 is 1.33 bits per heavy atom. The number of hydrogen-bond donors (Lipinski definition) is 2. The third-order valence-corrected chi connectivity index (χ3v) is 2.03. The van der Waals surface area contributed by atoms with E-state index in [4.69, 9.17) is 0 Å². The van der Waals surface area contributed by atoms with E-state index < -0.39 is 0 Å². The minimum atomic E-state index is 0.330. The first-order valence-corrected chi connectivity index (χ1v) is 3.86. The van der Waals surface area contributed by atoms with E-state index in [1.165, 1.54) is 0 Å². The Kier molecular flexibility index (Phi) is 1.53. The summed E-state index contributed by atoms with van der Waals surface area (Å²) in [7, 11) is 0. The number of hydrogen-bond acceptors (Lipinski definition) is 6. The van der Waals surface area contributed by atoms with Gasteiger partial charge in [0.1, 0.15) is 0 Å². The number of aromatic nitrogens is 4. The molecule has 0 aliphatic carbocycles. The molecule has 1 aromatic heterocycles.